The first-order valence-corrected chi connectivity index (χ1v) is 5.38. The van der Waals surface area contributed by atoms with E-state index in [-0.39, 0.29) is 0 Å². The first-order chi connectivity index (χ1) is 6.21. The molecule has 0 bridgehead atoms. The molecule has 0 unspecified atom stereocenters. The summed E-state index contributed by atoms with van der Waals surface area (Å²) in [7, 11) is 0. The van der Waals surface area contributed by atoms with Gasteiger partial charge in [0.2, 0.25) is 0 Å². The van der Waals surface area contributed by atoms with Crippen molar-refractivity contribution < 1.29 is 5.11 Å². The fourth-order valence-electron chi connectivity index (χ4n) is 1.62. The molecule has 2 N–H and O–H groups in total. The van der Waals surface area contributed by atoms with Crippen molar-refractivity contribution in [3.63, 3.8) is 0 Å². The molecule has 0 aliphatic carbocycles. The summed E-state index contributed by atoms with van der Waals surface area (Å²) in [6.07, 6.45) is 3.39. The van der Waals surface area contributed by atoms with Gasteiger partial charge in [0, 0.05) is 11.1 Å². The number of nitrogens with zero attached hydrogens (tertiary/aromatic N) is 1. The summed E-state index contributed by atoms with van der Waals surface area (Å²) in [4.78, 5) is 5.42. The van der Waals surface area contributed by atoms with Gasteiger partial charge >= 0.3 is 0 Å². The van der Waals surface area contributed by atoms with Crippen molar-refractivity contribution in [2.75, 3.05) is 13.1 Å². The molecule has 0 atom stereocenters. The molecule has 0 aromatic carbocycles. The second kappa shape index (κ2) is 3.36. The van der Waals surface area contributed by atoms with Crippen LogP contribution in [0.2, 0.25) is 0 Å². The minimum absolute atomic E-state index is 0.663. The lowest BCUT2D eigenvalue weighted by atomic mass is 9.93. The normalized spacial score (nSPS) is 21.7. The number of thiazole rings is 1. The summed E-state index contributed by atoms with van der Waals surface area (Å²) in [5.41, 5.74) is -0.663. The van der Waals surface area contributed by atoms with E-state index in [0.29, 0.717) is 0 Å². The third-order valence-electron chi connectivity index (χ3n) is 2.45. The van der Waals surface area contributed by atoms with Crippen LogP contribution in [0.3, 0.4) is 0 Å². The third-order valence-corrected chi connectivity index (χ3v) is 3.56. The number of aliphatic hydroxyl groups is 1. The highest BCUT2D eigenvalue weighted by Crippen LogP contribution is 2.32. The highest BCUT2D eigenvalue weighted by molar-refractivity contribution is 7.11. The Morgan fingerprint density at radius 3 is 2.77 bits per heavy atom. The minimum Gasteiger partial charge on any atom is -0.383 e. The van der Waals surface area contributed by atoms with E-state index < -0.39 is 5.60 Å². The van der Waals surface area contributed by atoms with Crippen LogP contribution in [0.4, 0.5) is 0 Å². The van der Waals surface area contributed by atoms with Crippen molar-refractivity contribution in [3.05, 3.63) is 16.1 Å². The SMILES string of the molecule is Cc1cnc(C2(O)CCNCC2)s1. The highest BCUT2D eigenvalue weighted by atomic mass is 32.1. The Balaban J connectivity index is 2.22. The monoisotopic (exact) mass is 198 g/mol. The average molecular weight is 198 g/mol. The van der Waals surface area contributed by atoms with E-state index >= 15 is 0 Å². The Labute approximate surface area is 81.8 Å². The molecular formula is C9H14N2OS. The Morgan fingerprint density at radius 1 is 1.54 bits per heavy atom. The lowest BCUT2D eigenvalue weighted by molar-refractivity contribution is 0.00575. The zero-order chi connectivity index (χ0) is 9.31. The van der Waals surface area contributed by atoms with E-state index in [9.17, 15) is 5.11 Å². The van der Waals surface area contributed by atoms with Crippen molar-refractivity contribution in [2.45, 2.75) is 25.4 Å². The molecular weight excluding hydrogens is 184 g/mol. The van der Waals surface area contributed by atoms with Crippen molar-refractivity contribution in [3.8, 4) is 0 Å². The Bertz CT molecular complexity index is 292. The van der Waals surface area contributed by atoms with Crippen LogP contribution in [-0.2, 0) is 5.60 Å². The van der Waals surface area contributed by atoms with Gasteiger partial charge in [0.1, 0.15) is 10.6 Å². The predicted molar refractivity (Wildman–Crippen MR) is 52.9 cm³/mol. The van der Waals surface area contributed by atoms with E-state index in [1.807, 2.05) is 13.1 Å². The molecule has 13 heavy (non-hydrogen) atoms. The highest BCUT2D eigenvalue weighted by Gasteiger charge is 2.33. The summed E-state index contributed by atoms with van der Waals surface area (Å²) in [5.74, 6) is 0. The molecule has 1 aromatic rings. The molecule has 1 fully saturated rings. The number of hydrogen-bond acceptors (Lipinski definition) is 4. The molecule has 0 saturated carbocycles. The standard InChI is InChI=1S/C9H14N2OS/c1-7-6-11-8(13-7)9(12)2-4-10-5-3-9/h6,10,12H,2-5H2,1H3. The van der Waals surface area contributed by atoms with Crippen molar-refractivity contribution >= 4 is 11.3 Å². The number of nitrogens with one attached hydrogen (secondary N) is 1. The molecule has 72 valence electrons. The zero-order valence-electron chi connectivity index (χ0n) is 7.71. The van der Waals surface area contributed by atoms with Gasteiger partial charge in [-0.2, -0.15) is 0 Å². The largest absolute Gasteiger partial charge is 0.383 e. The molecule has 0 amide bonds. The van der Waals surface area contributed by atoms with Gasteiger partial charge in [0.25, 0.3) is 0 Å². The van der Waals surface area contributed by atoms with Crippen LogP contribution in [0.25, 0.3) is 0 Å². The van der Waals surface area contributed by atoms with Gasteiger partial charge in [0.15, 0.2) is 0 Å². The van der Waals surface area contributed by atoms with Crippen LogP contribution in [-0.4, -0.2) is 23.2 Å². The maximum atomic E-state index is 10.3. The fraction of sp³-hybridized carbons (Fsp3) is 0.667. The van der Waals surface area contributed by atoms with Gasteiger partial charge in [-0.25, -0.2) is 4.98 Å². The number of piperidine rings is 1. The van der Waals surface area contributed by atoms with Crippen LogP contribution < -0.4 is 5.32 Å². The summed E-state index contributed by atoms with van der Waals surface area (Å²) in [5, 5.41) is 14.4. The number of hydrogen-bond donors (Lipinski definition) is 2. The van der Waals surface area contributed by atoms with Crippen LogP contribution in [0.15, 0.2) is 6.20 Å². The van der Waals surface area contributed by atoms with E-state index in [4.69, 9.17) is 0 Å². The lowest BCUT2D eigenvalue weighted by Gasteiger charge is -2.30. The van der Waals surface area contributed by atoms with Gasteiger partial charge in [-0.05, 0) is 32.9 Å². The summed E-state index contributed by atoms with van der Waals surface area (Å²) in [6.45, 7) is 3.79. The molecule has 0 radical (unpaired) electrons. The number of aryl methyl sites for hydroxylation is 1. The van der Waals surface area contributed by atoms with E-state index in [2.05, 4.69) is 10.3 Å². The Morgan fingerprint density at radius 2 is 2.23 bits per heavy atom. The van der Waals surface area contributed by atoms with Gasteiger partial charge in [-0.3, -0.25) is 0 Å². The van der Waals surface area contributed by atoms with Crippen molar-refractivity contribution in [2.24, 2.45) is 0 Å². The van der Waals surface area contributed by atoms with Crippen LogP contribution in [0.5, 0.6) is 0 Å². The lowest BCUT2D eigenvalue weighted by Crippen LogP contribution is -2.39. The fourth-order valence-corrected chi connectivity index (χ4v) is 2.53. The van der Waals surface area contributed by atoms with Gasteiger partial charge < -0.3 is 10.4 Å². The smallest absolute Gasteiger partial charge is 0.125 e. The second-order valence-corrected chi connectivity index (χ2v) is 4.79. The number of aromatic nitrogens is 1. The summed E-state index contributed by atoms with van der Waals surface area (Å²) >= 11 is 1.60. The van der Waals surface area contributed by atoms with Gasteiger partial charge in [0.05, 0.1) is 0 Å². The summed E-state index contributed by atoms with van der Waals surface area (Å²) < 4.78 is 0. The van der Waals surface area contributed by atoms with Crippen molar-refractivity contribution in [1.82, 2.24) is 10.3 Å². The van der Waals surface area contributed by atoms with E-state index in [1.165, 1.54) is 4.88 Å². The zero-order valence-corrected chi connectivity index (χ0v) is 8.52. The molecule has 1 aliphatic heterocycles. The van der Waals surface area contributed by atoms with Crippen LogP contribution in [0, 0.1) is 6.92 Å². The Kier molecular flexibility index (Phi) is 2.36. The molecule has 2 heterocycles. The topological polar surface area (TPSA) is 45.2 Å². The molecule has 1 aliphatic rings. The van der Waals surface area contributed by atoms with Crippen LogP contribution in [0.1, 0.15) is 22.7 Å². The van der Waals surface area contributed by atoms with Gasteiger partial charge in [-0.1, -0.05) is 0 Å². The van der Waals surface area contributed by atoms with Crippen molar-refractivity contribution in [1.29, 1.82) is 0 Å². The minimum atomic E-state index is -0.663. The predicted octanol–water partition coefficient (Wildman–Crippen LogP) is 1.02. The maximum Gasteiger partial charge on any atom is 0.125 e. The molecule has 2 rings (SSSR count). The average Bonchev–Trinajstić information content (AvgIpc) is 2.54. The molecule has 1 aromatic heterocycles. The molecule has 0 spiro atoms. The quantitative estimate of drug-likeness (QED) is 0.708. The number of rotatable bonds is 1. The first kappa shape index (κ1) is 9.12. The van der Waals surface area contributed by atoms with E-state index in [0.717, 1.165) is 30.9 Å². The van der Waals surface area contributed by atoms with Gasteiger partial charge in [-0.15, -0.1) is 11.3 Å². The Hall–Kier alpha value is -0.450. The molecule has 1 saturated heterocycles. The summed E-state index contributed by atoms with van der Waals surface area (Å²) in [6, 6.07) is 0. The van der Waals surface area contributed by atoms with E-state index in [1.54, 1.807) is 11.3 Å². The molecule has 4 heteroatoms. The first-order valence-electron chi connectivity index (χ1n) is 4.57. The molecule has 3 nitrogen and oxygen atoms in total. The third kappa shape index (κ3) is 1.75. The van der Waals surface area contributed by atoms with Crippen LogP contribution >= 0.6 is 11.3 Å². The maximum absolute atomic E-state index is 10.3. The second-order valence-electron chi connectivity index (χ2n) is 3.56.